The summed E-state index contributed by atoms with van der Waals surface area (Å²) >= 11 is 6.22. The summed E-state index contributed by atoms with van der Waals surface area (Å²) in [7, 11) is 1.53. The Morgan fingerprint density at radius 1 is 1.33 bits per heavy atom. The van der Waals surface area contributed by atoms with Gasteiger partial charge in [-0.05, 0) is 50.6 Å². The third-order valence-corrected chi connectivity index (χ3v) is 3.90. The number of hydrogen-bond donors (Lipinski definition) is 1. The SMILES string of the molecule is CCOc1c(Cl)cc(/C=N\O[C@@H](C)C(=O)Nc2cccc(C)c2)cc1OC. The van der Waals surface area contributed by atoms with Gasteiger partial charge in [-0.25, -0.2) is 0 Å². The van der Waals surface area contributed by atoms with Crippen LogP contribution in [0.2, 0.25) is 5.02 Å². The van der Waals surface area contributed by atoms with E-state index in [2.05, 4.69) is 10.5 Å². The van der Waals surface area contributed by atoms with E-state index in [1.165, 1.54) is 13.3 Å². The van der Waals surface area contributed by atoms with Crippen LogP contribution in [0.4, 0.5) is 5.69 Å². The van der Waals surface area contributed by atoms with Crippen LogP contribution in [0.3, 0.4) is 0 Å². The highest BCUT2D eigenvalue weighted by atomic mass is 35.5. The third-order valence-electron chi connectivity index (χ3n) is 3.62. The van der Waals surface area contributed by atoms with E-state index in [-0.39, 0.29) is 5.91 Å². The van der Waals surface area contributed by atoms with Crippen molar-refractivity contribution >= 4 is 29.4 Å². The fourth-order valence-corrected chi connectivity index (χ4v) is 2.57. The number of benzene rings is 2. The number of methoxy groups -OCH3 is 1. The standard InChI is InChI=1S/C20H23ClN2O4/c1-5-26-19-17(21)10-15(11-18(19)25-4)12-22-27-14(3)20(24)23-16-8-6-7-13(2)9-16/h6-12,14H,5H2,1-4H3,(H,23,24)/b22-12-/t14-/m0/s1. The molecule has 0 unspecified atom stereocenters. The van der Waals surface area contributed by atoms with Crippen molar-refractivity contribution in [2.24, 2.45) is 5.16 Å². The van der Waals surface area contributed by atoms with Gasteiger partial charge in [0.25, 0.3) is 5.91 Å². The Morgan fingerprint density at radius 3 is 2.78 bits per heavy atom. The number of nitrogens with zero attached hydrogens (tertiary/aromatic N) is 1. The van der Waals surface area contributed by atoms with E-state index in [0.717, 1.165) is 5.56 Å². The minimum Gasteiger partial charge on any atom is -0.493 e. The maximum Gasteiger partial charge on any atom is 0.267 e. The van der Waals surface area contributed by atoms with Crippen LogP contribution in [0.5, 0.6) is 11.5 Å². The fraction of sp³-hybridized carbons (Fsp3) is 0.300. The first-order valence-corrected chi connectivity index (χ1v) is 8.89. The highest BCUT2D eigenvalue weighted by molar-refractivity contribution is 6.32. The lowest BCUT2D eigenvalue weighted by Gasteiger charge is -2.12. The van der Waals surface area contributed by atoms with Crippen molar-refractivity contribution < 1.29 is 19.1 Å². The Balaban J connectivity index is 1.99. The molecular formula is C20H23ClN2O4. The van der Waals surface area contributed by atoms with Crippen molar-refractivity contribution in [3.8, 4) is 11.5 Å². The number of anilines is 1. The molecule has 0 radical (unpaired) electrons. The number of halogens is 1. The molecule has 2 aromatic rings. The molecule has 7 heteroatoms. The largest absolute Gasteiger partial charge is 0.493 e. The maximum absolute atomic E-state index is 12.2. The van der Waals surface area contributed by atoms with Crippen LogP contribution in [-0.2, 0) is 9.63 Å². The second kappa shape index (κ2) is 9.83. The molecule has 1 amide bonds. The summed E-state index contributed by atoms with van der Waals surface area (Å²) in [5.74, 6) is 0.682. The van der Waals surface area contributed by atoms with E-state index >= 15 is 0 Å². The van der Waals surface area contributed by atoms with Crippen molar-refractivity contribution in [2.75, 3.05) is 19.0 Å². The molecule has 6 nitrogen and oxygen atoms in total. The molecule has 1 N–H and O–H groups in total. The van der Waals surface area contributed by atoms with Gasteiger partial charge in [-0.15, -0.1) is 0 Å². The Hall–Kier alpha value is -2.73. The van der Waals surface area contributed by atoms with Gasteiger partial charge in [-0.1, -0.05) is 28.9 Å². The van der Waals surface area contributed by atoms with Gasteiger partial charge in [-0.3, -0.25) is 4.79 Å². The number of nitrogens with one attached hydrogen (secondary N) is 1. The van der Waals surface area contributed by atoms with Crippen LogP contribution in [0.25, 0.3) is 0 Å². The molecule has 1 atom stereocenters. The molecular weight excluding hydrogens is 368 g/mol. The van der Waals surface area contributed by atoms with Gasteiger partial charge in [0.2, 0.25) is 6.10 Å². The van der Waals surface area contributed by atoms with Crippen LogP contribution in [-0.4, -0.2) is 31.9 Å². The molecule has 0 bridgehead atoms. The van der Waals surface area contributed by atoms with E-state index < -0.39 is 6.10 Å². The van der Waals surface area contributed by atoms with Gasteiger partial charge >= 0.3 is 0 Å². The Morgan fingerprint density at radius 2 is 2.11 bits per heavy atom. The smallest absolute Gasteiger partial charge is 0.267 e. The van der Waals surface area contributed by atoms with Crippen LogP contribution in [0, 0.1) is 6.92 Å². The highest BCUT2D eigenvalue weighted by Crippen LogP contribution is 2.36. The Bertz CT molecular complexity index is 824. The molecule has 0 saturated heterocycles. The van der Waals surface area contributed by atoms with Crippen molar-refractivity contribution in [3.63, 3.8) is 0 Å². The molecule has 0 aliphatic carbocycles. The minimum absolute atomic E-state index is 0.292. The number of amides is 1. The number of rotatable bonds is 8. The van der Waals surface area contributed by atoms with Gasteiger partial charge in [-0.2, -0.15) is 0 Å². The van der Waals surface area contributed by atoms with Gasteiger partial charge in [0.15, 0.2) is 11.5 Å². The average molecular weight is 391 g/mol. The van der Waals surface area contributed by atoms with Gasteiger partial charge in [0.05, 0.1) is 25.0 Å². The van der Waals surface area contributed by atoms with E-state index in [4.69, 9.17) is 25.9 Å². The molecule has 0 aliphatic rings. The van der Waals surface area contributed by atoms with Crippen LogP contribution in [0.1, 0.15) is 25.0 Å². The molecule has 144 valence electrons. The lowest BCUT2D eigenvalue weighted by atomic mass is 10.2. The summed E-state index contributed by atoms with van der Waals surface area (Å²) in [6.07, 6.45) is 0.697. The number of aryl methyl sites for hydroxylation is 1. The first-order valence-electron chi connectivity index (χ1n) is 8.51. The predicted molar refractivity (Wildman–Crippen MR) is 107 cm³/mol. The molecule has 0 aliphatic heterocycles. The molecule has 2 rings (SSSR count). The first-order chi connectivity index (χ1) is 12.9. The predicted octanol–water partition coefficient (Wildman–Crippen LogP) is 4.43. The summed E-state index contributed by atoms with van der Waals surface area (Å²) in [5, 5.41) is 7.06. The Kier molecular flexibility index (Phi) is 7.49. The number of carbonyl (C=O) groups excluding carboxylic acids is 1. The molecule has 0 fully saturated rings. The van der Waals surface area contributed by atoms with Crippen LogP contribution < -0.4 is 14.8 Å². The number of ether oxygens (including phenoxy) is 2. The third kappa shape index (κ3) is 5.89. The average Bonchev–Trinajstić information content (AvgIpc) is 2.63. The monoisotopic (exact) mass is 390 g/mol. The Labute approximate surface area is 164 Å². The lowest BCUT2D eigenvalue weighted by molar-refractivity contribution is -0.126. The molecule has 27 heavy (non-hydrogen) atoms. The topological polar surface area (TPSA) is 69.2 Å². The zero-order chi connectivity index (χ0) is 19.8. The number of hydrogen-bond acceptors (Lipinski definition) is 5. The van der Waals surface area contributed by atoms with Crippen molar-refractivity contribution in [1.29, 1.82) is 0 Å². The molecule has 0 aromatic heterocycles. The van der Waals surface area contributed by atoms with Crippen molar-refractivity contribution in [1.82, 2.24) is 0 Å². The van der Waals surface area contributed by atoms with E-state index in [0.29, 0.717) is 34.4 Å². The highest BCUT2D eigenvalue weighted by Gasteiger charge is 2.15. The zero-order valence-electron chi connectivity index (χ0n) is 15.8. The fourth-order valence-electron chi connectivity index (χ4n) is 2.30. The molecule has 2 aromatic carbocycles. The van der Waals surface area contributed by atoms with E-state index in [1.807, 2.05) is 38.1 Å². The summed E-state index contributed by atoms with van der Waals surface area (Å²) in [5.41, 5.74) is 2.43. The molecule has 0 heterocycles. The van der Waals surface area contributed by atoms with Gasteiger partial charge < -0.3 is 19.6 Å². The van der Waals surface area contributed by atoms with Gasteiger partial charge in [0, 0.05) is 11.3 Å². The van der Waals surface area contributed by atoms with Gasteiger partial charge in [0.1, 0.15) is 0 Å². The molecule has 0 saturated carbocycles. The zero-order valence-corrected chi connectivity index (χ0v) is 16.5. The number of carbonyl (C=O) groups is 1. The van der Waals surface area contributed by atoms with Crippen molar-refractivity contribution in [2.45, 2.75) is 26.9 Å². The summed E-state index contributed by atoms with van der Waals surface area (Å²) in [4.78, 5) is 17.4. The van der Waals surface area contributed by atoms with E-state index in [1.54, 1.807) is 19.1 Å². The second-order valence-electron chi connectivity index (χ2n) is 5.81. The first kappa shape index (κ1) is 20.6. The quantitative estimate of drug-likeness (QED) is 0.534. The molecule has 0 spiro atoms. The summed E-state index contributed by atoms with van der Waals surface area (Å²) in [6, 6.07) is 10.9. The van der Waals surface area contributed by atoms with Crippen LogP contribution in [0.15, 0.2) is 41.6 Å². The van der Waals surface area contributed by atoms with E-state index in [9.17, 15) is 4.79 Å². The van der Waals surface area contributed by atoms with Crippen molar-refractivity contribution in [3.05, 3.63) is 52.5 Å². The van der Waals surface area contributed by atoms with Crippen LogP contribution >= 0.6 is 11.6 Å². The minimum atomic E-state index is -0.762. The number of oxime groups is 1. The normalized spacial score (nSPS) is 11.9. The lowest BCUT2D eigenvalue weighted by Crippen LogP contribution is -2.26. The second-order valence-corrected chi connectivity index (χ2v) is 6.22. The maximum atomic E-state index is 12.2. The summed E-state index contributed by atoms with van der Waals surface area (Å²) in [6.45, 7) is 5.91. The summed E-state index contributed by atoms with van der Waals surface area (Å²) < 4.78 is 10.8.